The SMILES string of the molecule is CC(c1ccco1)N(C)C(=O)c1cnccn1. The molecule has 0 radical (unpaired) electrons. The Morgan fingerprint density at radius 3 is 2.88 bits per heavy atom. The van der Waals surface area contributed by atoms with Crippen LogP contribution in [0.2, 0.25) is 0 Å². The van der Waals surface area contributed by atoms with Crippen molar-refractivity contribution in [2.75, 3.05) is 7.05 Å². The van der Waals surface area contributed by atoms with Gasteiger partial charge in [-0.15, -0.1) is 0 Å². The molecule has 2 heterocycles. The quantitative estimate of drug-likeness (QED) is 0.809. The number of rotatable bonds is 3. The second-order valence-corrected chi connectivity index (χ2v) is 3.70. The Morgan fingerprint density at radius 2 is 2.29 bits per heavy atom. The van der Waals surface area contributed by atoms with Gasteiger partial charge in [0.1, 0.15) is 11.5 Å². The Hall–Kier alpha value is -2.17. The van der Waals surface area contributed by atoms with E-state index in [-0.39, 0.29) is 11.9 Å². The first-order chi connectivity index (χ1) is 8.20. The summed E-state index contributed by atoms with van der Waals surface area (Å²) >= 11 is 0. The molecule has 1 amide bonds. The lowest BCUT2D eigenvalue weighted by atomic mass is 10.2. The maximum atomic E-state index is 12.1. The van der Waals surface area contributed by atoms with Crippen LogP contribution in [0.15, 0.2) is 41.4 Å². The fourth-order valence-electron chi connectivity index (χ4n) is 1.49. The Morgan fingerprint density at radius 1 is 1.47 bits per heavy atom. The number of amides is 1. The van der Waals surface area contributed by atoms with E-state index in [0.717, 1.165) is 5.76 Å². The molecule has 0 saturated carbocycles. The molecule has 0 spiro atoms. The highest BCUT2D eigenvalue weighted by molar-refractivity contribution is 5.91. The van der Waals surface area contributed by atoms with Crippen molar-refractivity contribution in [1.82, 2.24) is 14.9 Å². The number of aromatic nitrogens is 2. The van der Waals surface area contributed by atoms with Gasteiger partial charge in [0.2, 0.25) is 0 Å². The van der Waals surface area contributed by atoms with E-state index in [0.29, 0.717) is 5.69 Å². The summed E-state index contributed by atoms with van der Waals surface area (Å²) in [5.41, 5.74) is 0.327. The van der Waals surface area contributed by atoms with Gasteiger partial charge in [0.05, 0.1) is 18.5 Å². The minimum Gasteiger partial charge on any atom is -0.467 e. The van der Waals surface area contributed by atoms with E-state index < -0.39 is 0 Å². The second kappa shape index (κ2) is 4.78. The van der Waals surface area contributed by atoms with Crippen LogP contribution in [-0.4, -0.2) is 27.8 Å². The monoisotopic (exact) mass is 231 g/mol. The molecule has 0 N–H and O–H groups in total. The second-order valence-electron chi connectivity index (χ2n) is 3.70. The Kier molecular flexibility index (Phi) is 3.18. The van der Waals surface area contributed by atoms with Gasteiger partial charge in [-0.2, -0.15) is 0 Å². The van der Waals surface area contributed by atoms with Gasteiger partial charge >= 0.3 is 0 Å². The van der Waals surface area contributed by atoms with Gasteiger partial charge in [0.25, 0.3) is 5.91 Å². The Labute approximate surface area is 99.1 Å². The number of carbonyl (C=O) groups excluding carboxylic acids is 1. The van der Waals surface area contributed by atoms with Gasteiger partial charge in [-0.3, -0.25) is 9.78 Å². The van der Waals surface area contributed by atoms with Gasteiger partial charge in [-0.05, 0) is 19.1 Å². The molecular formula is C12H13N3O2. The predicted octanol–water partition coefficient (Wildman–Crippen LogP) is 1.90. The zero-order valence-electron chi connectivity index (χ0n) is 9.70. The molecule has 0 fully saturated rings. The lowest BCUT2D eigenvalue weighted by Crippen LogP contribution is -2.30. The summed E-state index contributed by atoms with van der Waals surface area (Å²) in [5, 5.41) is 0. The lowest BCUT2D eigenvalue weighted by Gasteiger charge is -2.22. The molecule has 0 bridgehead atoms. The molecule has 17 heavy (non-hydrogen) atoms. The summed E-state index contributed by atoms with van der Waals surface area (Å²) in [7, 11) is 1.71. The summed E-state index contributed by atoms with van der Waals surface area (Å²) in [5.74, 6) is 0.562. The van der Waals surface area contributed by atoms with Gasteiger partial charge < -0.3 is 9.32 Å². The highest BCUT2D eigenvalue weighted by Crippen LogP contribution is 2.20. The minimum absolute atomic E-state index is 0.139. The van der Waals surface area contributed by atoms with Crippen LogP contribution in [0, 0.1) is 0 Å². The molecule has 1 atom stereocenters. The minimum atomic E-state index is -0.179. The number of nitrogens with zero attached hydrogens (tertiary/aromatic N) is 3. The molecule has 2 rings (SSSR count). The van der Waals surface area contributed by atoms with Crippen molar-refractivity contribution in [3.05, 3.63) is 48.4 Å². The standard InChI is InChI=1S/C12H13N3O2/c1-9(11-4-3-7-17-11)15(2)12(16)10-8-13-5-6-14-10/h3-9H,1-2H3. The van der Waals surface area contributed by atoms with Crippen molar-refractivity contribution < 1.29 is 9.21 Å². The van der Waals surface area contributed by atoms with E-state index in [1.54, 1.807) is 24.3 Å². The summed E-state index contributed by atoms with van der Waals surface area (Å²) in [4.78, 5) is 21.5. The molecule has 0 aromatic carbocycles. The van der Waals surface area contributed by atoms with Crippen LogP contribution in [0.3, 0.4) is 0 Å². The maximum absolute atomic E-state index is 12.1. The predicted molar refractivity (Wildman–Crippen MR) is 61.2 cm³/mol. The summed E-state index contributed by atoms with van der Waals surface area (Å²) < 4.78 is 5.27. The number of carbonyl (C=O) groups is 1. The third-order valence-electron chi connectivity index (χ3n) is 2.64. The fraction of sp³-hybridized carbons (Fsp3) is 0.250. The Bertz CT molecular complexity index is 482. The van der Waals surface area contributed by atoms with Gasteiger partial charge in [-0.1, -0.05) is 0 Å². The summed E-state index contributed by atoms with van der Waals surface area (Å²) in [6.07, 6.45) is 6.07. The summed E-state index contributed by atoms with van der Waals surface area (Å²) in [6.45, 7) is 1.90. The smallest absolute Gasteiger partial charge is 0.274 e. The van der Waals surface area contributed by atoms with Crippen molar-refractivity contribution in [2.24, 2.45) is 0 Å². The van der Waals surface area contributed by atoms with E-state index in [2.05, 4.69) is 9.97 Å². The van der Waals surface area contributed by atoms with E-state index in [9.17, 15) is 4.79 Å². The average Bonchev–Trinajstić information content (AvgIpc) is 2.91. The third kappa shape index (κ3) is 2.33. The molecule has 0 aliphatic carbocycles. The van der Waals surface area contributed by atoms with Gasteiger partial charge in [-0.25, -0.2) is 4.98 Å². The van der Waals surface area contributed by atoms with Crippen LogP contribution in [0.1, 0.15) is 29.2 Å². The van der Waals surface area contributed by atoms with Gasteiger partial charge in [0, 0.05) is 19.4 Å². The average molecular weight is 231 g/mol. The third-order valence-corrected chi connectivity index (χ3v) is 2.64. The van der Waals surface area contributed by atoms with Crippen molar-refractivity contribution in [1.29, 1.82) is 0 Å². The zero-order chi connectivity index (χ0) is 12.3. The van der Waals surface area contributed by atoms with Crippen molar-refractivity contribution in [3.63, 3.8) is 0 Å². The molecular weight excluding hydrogens is 218 g/mol. The summed E-state index contributed by atoms with van der Waals surface area (Å²) in [6, 6.07) is 3.50. The fourth-order valence-corrected chi connectivity index (χ4v) is 1.49. The topological polar surface area (TPSA) is 59.2 Å². The molecule has 88 valence electrons. The molecule has 0 aliphatic rings. The molecule has 5 nitrogen and oxygen atoms in total. The maximum Gasteiger partial charge on any atom is 0.274 e. The molecule has 0 saturated heterocycles. The number of hydrogen-bond donors (Lipinski definition) is 0. The largest absolute Gasteiger partial charge is 0.467 e. The number of hydrogen-bond acceptors (Lipinski definition) is 4. The first-order valence-electron chi connectivity index (χ1n) is 5.26. The van der Waals surface area contributed by atoms with Crippen LogP contribution >= 0.6 is 0 Å². The van der Waals surface area contributed by atoms with Crippen LogP contribution in [0.25, 0.3) is 0 Å². The van der Waals surface area contributed by atoms with Crippen molar-refractivity contribution in [2.45, 2.75) is 13.0 Å². The van der Waals surface area contributed by atoms with Crippen LogP contribution < -0.4 is 0 Å². The Balaban J connectivity index is 2.16. The molecule has 2 aromatic heterocycles. The van der Waals surface area contributed by atoms with E-state index in [1.807, 2.05) is 13.0 Å². The number of furan rings is 1. The highest BCUT2D eigenvalue weighted by atomic mass is 16.3. The van der Waals surface area contributed by atoms with Crippen molar-refractivity contribution >= 4 is 5.91 Å². The van der Waals surface area contributed by atoms with E-state index in [4.69, 9.17) is 4.42 Å². The van der Waals surface area contributed by atoms with Crippen LogP contribution in [0.4, 0.5) is 0 Å². The van der Waals surface area contributed by atoms with E-state index >= 15 is 0 Å². The first kappa shape index (κ1) is 11.3. The van der Waals surface area contributed by atoms with Crippen LogP contribution in [0.5, 0.6) is 0 Å². The zero-order valence-corrected chi connectivity index (χ0v) is 9.70. The normalized spacial score (nSPS) is 12.1. The molecule has 1 unspecified atom stereocenters. The molecule has 0 aliphatic heterocycles. The van der Waals surface area contributed by atoms with E-state index in [1.165, 1.54) is 18.6 Å². The molecule has 2 aromatic rings. The first-order valence-corrected chi connectivity index (χ1v) is 5.26. The lowest BCUT2D eigenvalue weighted by molar-refractivity contribution is 0.0720. The van der Waals surface area contributed by atoms with Gasteiger partial charge in [0.15, 0.2) is 0 Å². The highest BCUT2D eigenvalue weighted by Gasteiger charge is 2.21. The molecule has 5 heteroatoms. The van der Waals surface area contributed by atoms with Crippen LogP contribution in [-0.2, 0) is 0 Å². The van der Waals surface area contributed by atoms with Crippen molar-refractivity contribution in [3.8, 4) is 0 Å².